The molecule has 12 heteroatoms. The number of rotatable bonds is 4. The maximum absolute atomic E-state index is 12.8. The Bertz CT molecular complexity index is 1100. The van der Waals surface area contributed by atoms with Gasteiger partial charge in [0.25, 0.3) is 5.91 Å². The van der Waals surface area contributed by atoms with Crippen molar-refractivity contribution in [2.45, 2.75) is 44.6 Å². The van der Waals surface area contributed by atoms with Gasteiger partial charge in [-0.25, -0.2) is 8.42 Å². The Morgan fingerprint density at radius 2 is 1.75 bits per heavy atom. The first kappa shape index (κ1) is 26.5. The predicted molar refractivity (Wildman–Crippen MR) is 131 cm³/mol. The lowest BCUT2D eigenvalue weighted by Crippen LogP contribution is -2.49. The molecule has 0 spiro atoms. The first-order valence-corrected chi connectivity index (χ1v) is 13.8. The first-order chi connectivity index (χ1) is 17.0. The minimum Gasteiger partial charge on any atom is -0.726 e. The summed E-state index contributed by atoms with van der Waals surface area (Å²) in [5.74, 6) is 1.73. The zero-order valence-corrected chi connectivity index (χ0v) is 21.2. The lowest BCUT2D eigenvalue weighted by atomic mass is 10.0. The topological polar surface area (TPSA) is 150 Å². The van der Waals surface area contributed by atoms with Crippen molar-refractivity contribution >= 4 is 33.8 Å². The molecule has 0 bridgehead atoms. The van der Waals surface area contributed by atoms with Gasteiger partial charge in [0.05, 0.1) is 13.0 Å². The van der Waals surface area contributed by atoms with Crippen LogP contribution >= 0.6 is 0 Å². The molecule has 1 saturated carbocycles. The number of piperidine rings is 1. The van der Waals surface area contributed by atoms with Gasteiger partial charge in [0.15, 0.2) is 0 Å². The number of nitrogens with one attached hydrogen (secondary N) is 1. The highest BCUT2D eigenvalue weighted by molar-refractivity contribution is 7.79. The van der Waals surface area contributed by atoms with Crippen LogP contribution in [0.25, 0.3) is 0 Å². The van der Waals surface area contributed by atoms with E-state index in [0.29, 0.717) is 18.5 Å². The zero-order chi connectivity index (χ0) is 26.0. The number of amides is 3. The summed E-state index contributed by atoms with van der Waals surface area (Å²) >= 11 is 0. The molecule has 3 heterocycles. The Balaban J connectivity index is 0.000000581. The number of anilines is 1. The molecule has 1 aromatic carbocycles. The van der Waals surface area contributed by atoms with E-state index in [1.165, 1.54) is 19.3 Å². The molecule has 198 valence electrons. The minimum absolute atomic E-state index is 0. The number of likely N-dealkylation sites (tertiary alicyclic amines) is 2. The average Bonchev–Trinajstić information content (AvgIpc) is 3.50. The second-order valence-corrected chi connectivity index (χ2v) is 10.9. The molecule has 3 aliphatic heterocycles. The molecule has 2 saturated heterocycles. The van der Waals surface area contributed by atoms with Gasteiger partial charge in [-0.2, -0.15) is 0 Å². The quantitative estimate of drug-likeness (QED) is 0.435. The molecule has 5 rings (SSSR count). The van der Waals surface area contributed by atoms with Crippen LogP contribution in [-0.4, -0.2) is 90.9 Å². The molecule has 4 aliphatic rings. The molecular weight excluding hydrogens is 488 g/mol. The SMILES string of the molecule is CNC(=O)c1ccc2c(c1)CC(=O)N2C1CCN(CC(=O)N2C[C@H]3CCC[C@H]3C2)CC1.O=S(=O)([O-])O.[H+]. The molecule has 11 nitrogen and oxygen atoms in total. The highest BCUT2D eigenvalue weighted by atomic mass is 32.3. The molecule has 1 aliphatic carbocycles. The summed E-state index contributed by atoms with van der Waals surface area (Å²) in [6.07, 6.45) is 6.01. The summed E-state index contributed by atoms with van der Waals surface area (Å²) in [6.45, 7) is 4.10. The Labute approximate surface area is 212 Å². The van der Waals surface area contributed by atoms with Crippen LogP contribution < -0.4 is 10.2 Å². The van der Waals surface area contributed by atoms with Crippen LogP contribution in [0.1, 0.15) is 49.5 Å². The van der Waals surface area contributed by atoms with Gasteiger partial charge in [0.1, 0.15) is 0 Å². The van der Waals surface area contributed by atoms with Gasteiger partial charge in [0, 0.05) is 50.5 Å². The van der Waals surface area contributed by atoms with Gasteiger partial charge in [-0.05, 0) is 61.3 Å². The Morgan fingerprint density at radius 1 is 1.14 bits per heavy atom. The van der Waals surface area contributed by atoms with Gasteiger partial charge < -0.3 is 19.7 Å². The van der Waals surface area contributed by atoms with Crippen LogP contribution in [0.3, 0.4) is 0 Å². The molecule has 0 radical (unpaired) electrons. The fourth-order valence-corrected chi connectivity index (χ4v) is 6.10. The second kappa shape index (κ2) is 10.8. The normalized spacial score (nSPS) is 24.2. The molecule has 2 atom stereocenters. The number of hydrogen-bond acceptors (Lipinski definition) is 7. The van der Waals surface area contributed by atoms with Crippen molar-refractivity contribution in [2.24, 2.45) is 11.8 Å². The monoisotopic (exact) mass is 522 g/mol. The number of hydrogen-bond donors (Lipinski definition) is 2. The van der Waals surface area contributed by atoms with Crippen LogP contribution in [-0.2, 0) is 26.4 Å². The van der Waals surface area contributed by atoms with Gasteiger partial charge >= 0.3 is 1.43 Å². The lowest BCUT2D eigenvalue weighted by molar-refractivity contribution is -0.132. The summed E-state index contributed by atoms with van der Waals surface area (Å²) in [5.41, 5.74) is 2.47. The average molecular weight is 523 g/mol. The fraction of sp³-hybridized carbons (Fsp3) is 0.625. The molecule has 3 fully saturated rings. The third-order valence-electron chi connectivity index (χ3n) is 7.80. The van der Waals surface area contributed by atoms with E-state index < -0.39 is 10.4 Å². The molecule has 36 heavy (non-hydrogen) atoms. The molecule has 0 aromatic heterocycles. The van der Waals surface area contributed by atoms with Gasteiger partial charge in [-0.1, -0.05) is 6.42 Å². The predicted octanol–water partition coefficient (Wildman–Crippen LogP) is 0.775. The highest BCUT2D eigenvalue weighted by Gasteiger charge is 2.39. The number of nitrogens with zero attached hydrogens (tertiary/aromatic N) is 3. The van der Waals surface area contributed by atoms with Crippen molar-refractivity contribution in [1.29, 1.82) is 0 Å². The van der Waals surface area contributed by atoms with Crippen LogP contribution in [0.4, 0.5) is 5.69 Å². The molecule has 3 amide bonds. The highest BCUT2D eigenvalue weighted by Crippen LogP contribution is 2.38. The minimum atomic E-state index is -4.92. The van der Waals surface area contributed by atoms with Crippen molar-refractivity contribution < 1.29 is 33.3 Å². The largest absolute Gasteiger partial charge is 1.00 e. The number of benzene rings is 1. The fourth-order valence-electron chi connectivity index (χ4n) is 6.10. The standard InChI is InChI=1S/C24H32N4O3.H2O4S/c1-25-24(31)16-5-6-21-19(11-16)12-22(29)28(21)20-7-9-26(10-8-20)15-23(30)27-13-17-3-2-4-18(17)14-27;1-5(2,3)4/h5-6,11,17-18,20H,2-4,7-10,12-15H2,1H3,(H,25,31);(H2,1,2,3,4)/t17-,18+;. The van der Waals surface area contributed by atoms with Crippen molar-refractivity contribution in [3.05, 3.63) is 29.3 Å². The third kappa shape index (κ3) is 6.23. The number of carbonyl (C=O) groups excluding carboxylic acids is 3. The zero-order valence-electron chi connectivity index (χ0n) is 21.4. The van der Waals surface area contributed by atoms with Crippen LogP contribution in [0, 0.1) is 11.8 Å². The van der Waals surface area contributed by atoms with E-state index in [2.05, 4.69) is 15.1 Å². The van der Waals surface area contributed by atoms with Crippen molar-refractivity contribution in [2.75, 3.05) is 44.7 Å². The van der Waals surface area contributed by atoms with E-state index in [-0.39, 0.29) is 25.2 Å². The van der Waals surface area contributed by atoms with E-state index in [1.807, 2.05) is 17.0 Å². The van der Waals surface area contributed by atoms with Crippen molar-refractivity contribution in [3.63, 3.8) is 0 Å². The van der Waals surface area contributed by atoms with E-state index in [1.54, 1.807) is 13.1 Å². The maximum atomic E-state index is 12.8. The molecular formula is C24H34N4O7S. The van der Waals surface area contributed by atoms with Gasteiger partial charge in [-0.15, -0.1) is 0 Å². The van der Waals surface area contributed by atoms with E-state index in [0.717, 1.165) is 62.1 Å². The van der Waals surface area contributed by atoms with Crippen LogP contribution in [0.2, 0.25) is 0 Å². The smallest absolute Gasteiger partial charge is 0.726 e. The van der Waals surface area contributed by atoms with Crippen molar-refractivity contribution in [1.82, 2.24) is 15.1 Å². The van der Waals surface area contributed by atoms with Gasteiger partial charge in [-0.3, -0.25) is 23.8 Å². The van der Waals surface area contributed by atoms with Crippen LogP contribution in [0.15, 0.2) is 18.2 Å². The third-order valence-corrected chi connectivity index (χ3v) is 7.80. The molecule has 0 unspecified atom stereocenters. The Morgan fingerprint density at radius 3 is 2.33 bits per heavy atom. The first-order valence-electron chi connectivity index (χ1n) is 12.4. The number of fused-ring (bicyclic) bond motifs is 2. The summed E-state index contributed by atoms with van der Waals surface area (Å²) in [6, 6.07) is 5.70. The summed E-state index contributed by atoms with van der Waals surface area (Å²) in [7, 11) is -3.30. The van der Waals surface area contributed by atoms with Crippen LogP contribution in [0.5, 0.6) is 0 Å². The Hall–Kier alpha value is -2.54. The number of carbonyl (C=O) groups is 3. The second-order valence-electron chi connectivity index (χ2n) is 10.0. The molecule has 2 N–H and O–H groups in total. The van der Waals surface area contributed by atoms with Gasteiger partial charge in [0.2, 0.25) is 22.2 Å². The maximum Gasteiger partial charge on any atom is 1.00 e. The summed E-state index contributed by atoms with van der Waals surface area (Å²) in [4.78, 5) is 43.7. The lowest BCUT2D eigenvalue weighted by Gasteiger charge is -2.37. The molecule has 1 aromatic rings. The summed E-state index contributed by atoms with van der Waals surface area (Å²) in [5, 5.41) is 2.64. The van der Waals surface area contributed by atoms with E-state index >= 15 is 0 Å². The Kier molecular flexibility index (Phi) is 7.98. The van der Waals surface area contributed by atoms with E-state index in [4.69, 9.17) is 17.5 Å². The summed E-state index contributed by atoms with van der Waals surface area (Å²) < 4.78 is 32.8. The van der Waals surface area contributed by atoms with Crippen molar-refractivity contribution in [3.8, 4) is 0 Å². The van der Waals surface area contributed by atoms with E-state index in [9.17, 15) is 14.4 Å².